The fourth-order valence-corrected chi connectivity index (χ4v) is 2.30. The predicted molar refractivity (Wildman–Crippen MR) is 73.1 cm³/mol. The molecule has 1 heterocycles. The minimum atomic E-state index is -1.01. The Labute approximate surface area is 116 Å². The summed E-state index contributed by atoms with van der Waals surface area (Å²) < 4.78 is 0. The van der Waals surface area contributed by atoms with Crippen molar-refractivity contribution in [3.05, 3.63) is 16.1 Å². The number of carbonyl (C=O) groups excluding carboxylic acids is 1. The van der Waals surface area contributed by atoms with Crippen molar-refractivity contribution >= 4 is 23.3 Å². The molecule has 0 aliphatic heterocycles. The first-order chi connectivity index (χ1) is 8.88. The molecule has 7 heteroatoms. The van der Waals surface area contributed by atoms with Crippen molar-refractivity contribution in [3.8, 4) is 0 Å². The Morgan fingerprint density at radius 2 is 2.21 bits per heavy atom. The van der Waals surface area contributed by atoms with Crippen LogP contribution in [0.2, 0.25) is 0 Å². The molecule has 0 aromatic carbocycles. The molecule has 0 radical (unpaired) electrons. The molecule has 2 N–H and O–H groups in total. The number of nitrogens with zero attached hydrogens (tertiary/aromatic N) is 2. The summed E-state index contributed by atoms with van der Waals surface area (Å²) in [7, 11) is 0. The van der Waals surface area contributed by atoms with E-state index in [1.54, 1.807) is 6.20 Å². The van der Waals surface area contributed by atoms with Crippen LogP contribution in [-0.4, -0.2) is 40.1 Å². The van der Waals surface area contributed by atoms with Crippen molar-refractivity contribution in [2.45, 2.75) is 27.3 Å². The van der Waals surface area contributed by atoms with Gasteiger partial charge in [0.15, 0.2) is 0 Å². The van der Waals surface area contributed by atoms with Crippen LogP contribution in [0.1, 0.15) is 23.7 Å². The summed E-state index contributed by atoms with van der Waals surface area (Å²) in [6.45, 7) is 6.26. The quantitative estimate of drug-likeness (QED) is 0.833. The molecule has 0 unspecified atom stereocenters. The van der Waals surface area contributed by atoms with Gasteiger partial charge in [-0.15, -0.1) is 11.3 Å². The third kappa shape index (κ3) is 5.69. The van der Waals surface area contributed by atoms with Gasteiger partial charge in [0.25, 0.3) is 0 Å². The van der Waals surface area contributed by atoms with E-state index in [9.17, 15) is 9.59 Å². The molecule has 106 valence electrons. The molecule has 0 atom stereocenters. The number of aryl methyl sites for hydroxylation is 1. The number of carboxylic acids is 1. The van der Waals surface area contributed by atoms with E-state index < -0.39 is 5.97 Å². The Kier molecular flexibility index (Phi) is 5.75. The summed E-state index contributed by atoms with van der Waals surface area (Å²) in [5, 5.41) is 12.3. The summed E-state index contributed by atoms with van der Waals surface area (Å²) in [6.07, 6.45) is 1.75. The second-order valence-corrected chi connectivity index (χ2v) is 6.01. The molecule has 1 rings (SSSR count). The van der Waals surface area contributed by atoms with Gasteiger partial charge in [-0.2, -0.15) is 0 Å². The Morgan fingerprint density at radius 1 is 1.53 bits per heavy atom. The van der Waals surface area contributed by atoms with Gasteiger partial charge in [-0.05, 0) is 12.8 Å². The number of hydrogen-bond donors (Lipinski definition) is 2. The highest BCUT2D eigenvalue weighted by atomic mass is 32.1. The number of carbonyl (C=O) groups is 2. The van der Waals surface area contributed by atoms with Crippen LogP contribution in [0, 0.1) is 12.8 Å². The first-order valence-corrected chi connectivity index (χ1v) is 6.86. The van der Waals surface area contributed by atoms with Gasteiger partial charge < -0.3 is 15.3 Å². The number of hydrogen-bond acceptors (Lipinski definition) is 4. The highest BCUT2D eigenvalue weighted by Gasteiger charge is 2.17. The van der Waals surface area contributed by atoms with Crippen LogP contribution in [0.5, 0.6) is 0 Å². The molecule has 0 fully saturated rings. The summed E-state index contributed by atoms with van der Waals surface area (Å²) in [5.74, 6) is -0.798. The molecule has 0 aliphatic rings. The standard InChI is InChI=1S/C12H19N3O3S/c1-8(2)6-15(7-11(16)17)12(18)14-5-10-13-4-9(3)19-10/h4,8H,5-7H2,1-3H3,(H,14,18)(H,16,17). The van der Waals surface area contributed by atoms with Crippen molar-refractivity contribution in [2.75, 3.05) is 13.1 Å². The lowest BCUT2D eigenvalue weighted by molar-refractivity contribution is -0.137. The van der Waals surface area contributed by atoms with E-state index in [1.807, 2.05) is 20.8 Å². The van der Waals surface area contributed by atoms with Gasteiger partial charge in [0.05, 0.1) is 6.54 Å². The zero-order chi connectivity index (χ0) is 14.4. The van der Waals surface area contributed by atoms with Crippen molar-refractivity contribution in [1.29, 1.82) is 0 Å². The van der Waals surface area contributed by atoms with Crippen LogP contribution >= 0.6 is 11.3 Å². The molecule has 2 amide bonds. The molecule has 1 aromatic rings. The first kappa shape index (κ1) is 15.4. The maximum Gasteiger partial charge on any atom is 0.323 e. The third-order valence-electron chi connectivity index (χ3n) is 2.26. The van der Waals surface area contributed by atoms with Gasteiger partial charge in [-0.3, -0.25) is 4.79 Å². The molecule has 0 bridgehead atoms. The predicted octanol–water partition coefficient (Wildman–Crippen LogP) is 1.70. The highest BCUT2D eigenvalue weighted by molar-refractivity contribution is 7.11. The number of rotatable bonds is 6. The molecule has 0 saturated heterocycles. The average molecular weight is 285 g/mol. The maximum atomic E-state index is 11.9. The normalized spacial score (nSPS) is 10.5. The zero-order valence-electron chi connectivity index (χ0n) is 11.3. The number of thiazole rings is 1. The summed E-state index contributed by atoms with van der Waals surface area (Å²) >= 11 is 1.51. The van der Waals surface area contributed by atoms with Gasteiger partial charge in [0, 0.05) is 17.6 Å². The number of aromatic nitrogens is 1. The van der Waals surface area contributed by atoms with Crippen molar-refractivity contribution in [2.24, 2.45) is 5.92 Å². The van der Waals surface area contributed by atoms with E-state index in [2.05, 4.69) is 10.3 Å². The van der Waals surface area contributed by atoms with Crippen LogP contribution in [0.25, 0.3) is 0 Å². The molecule has 6 nitrogen and oxygen atoms in total. The van der Waals surface area contributed by atoms with E-state index in [0.29, 0.717) is 13.1 Å². The molecular weight excluding hydrogens is 266 g/mol. The Balaban J connectivity index is 2.53. The minimum Gasteiger partial charge on any atom is -0.480 e. The van der Waals surface area contributed by atoms with Gasteiger partial charge >= 0.3 is 12.0 Å². The monoisotopic (exact) mass is 285 g/mol. The Hall–Kier alpha value is -1.63. The summed E-state index contributed by atoms with van der Waals surface area (Å²) in [5.41, 5.74) is 0. The lowest BCUT2D eigenvalue weighted by Gasteiger charge is -2.22. The Bertz CT molecular complexity index is 445. The van der Waals surface area contributed by atoms with E-state index in [4.69, 9.17) is 5.11 Å². The molecule has 1 aromatic heterocycles. The van der Waals surface area contributed by atoms with Gasteiger partial charge in [-0.25, -0.2) is 9.78 Å². The second kappa shape index (κ2) is 7.08. The largest absolute Gasteiger partial charge is 0.480 e. The SMILES string of the molecule is Cc1cnc(CNC(=O)N(CC(=O)O)CC(C)C)s1. The number of amides is 2. The van der Waals surface area contributed by atoms with Crippen LogP contribution in [0.3, 0.4) is 0 Å². The van der Waals surface area contributed by atoms with E-state index in [0.717, 1.165) is 9.88 Å². The number of carboxylic acid groups (broad SMARTS) is 1. The topological polar surface area (TPSA) is 82.5 Å². The molecular formula is C12H19N3O3S. The molecule has 0 saturated carbocycles. The number of aliphatic carboxylic acids is 1. The van der Waals surface area contributed by atoms with Gasteiger partial charge in [0.1, 0.15) is 11.6 Å². The molecule has 0 aliphatic carbocycles. The maximum absolute atomic E-state index is 11.9. The van der Waals surface area contributed by atoms with E-state index >= 15 is 0 Å². The van der Waals surface area contributed by atoms with Gasteiger partial charge in [0.2, 0.25) is 0 Å². The Morgan fingerprint density at radius 3 is 2.68 bits per heavy atom. The van der Waals surface area contributed by atoms with E-state index in [1.165, 1.54) is 16.2 Å². The molecule has 19 heavy (non-hydrogen) atoms. The van der Waals surface area contributed by atoms with Crippen molar-refractivity contribution < 1.29 is 14.7 Å². The van der Waals surface area contributed by atoms with Gasteiger partial charge in [-0.1, -0.05) is 13.8 Å². The highest BCUT2D eigenvalue weighted by Crippen LogP contribution is 2.10. The van der Waals surface area contributed by atoms with Crippen LogP contribution in [0.4, 0.5) is 4.79 Å². The lowest BCUT2D eigenvalue weighted by atomic mass is 10.2. The summed E-state index contributed by atoms with van der Waals surface area (Å²) in [4.78, 5) is 29.2. The average Bonchev–Trinajstić information content (AvgIpc) is 2.70. The van der Waals surface area contributed by atoms with Crippen molar-refractivity contribution in [1.82, 2.24) is 15.2 Å². The van der Waals surface area contributed by atoms with E-state index in [-0.39, 0.29) is 18.5 Å². The van der Waals surface area contributed by atoms with Crippen LogP contribution in [0.15, 0.2) is 6.20 Å². The van der Waals surface area contributed by atoms with Crippen molar-refractivity contribution in [3.63, 3.8) is 0 Å². The molecule has 0 spiro atoms. The summed E-state index contributed by atoms with van der Waals surface area (Å²) in [6, 6.07) is -0.371. The second-order valence-electron chi connectivity index (χ2n) is 4.69. The third-order valence-corrected chi connectivity index (χ3v) is 3.17. The number of nitrogens with one attached hydrogen (secondary N) is 1. The lowest BCUT2D eigenvalue weighted by Crippen LogP contribution is -2.44. The fraction of sp³-hybridized carbons (Fsp3) is 0.583. The number of urea groups is 1. The minimum absolute atomic E-state index is 0.215. The fourth-order valence-electron chi connectivity index (χ4n) is 1.57. The zero-order valence-corrected chi connectivity index (χ0v) is 12.2. The van der Waals surface area contributed by atoms with Crippen LogP contribution < -0.4 is 5.32 Å². The smallest absolute Gasteiger partial charge is 0.323 e. The first-order valence-electron chi connectivity index (χ1n) is 6.04. The van der Waals surface area contributed by atoms with Crippen LogP contribution in [-0.2, 0) is 11.3 Å².